The molecule has 0 saturated carbocycles. The molecule has 5 aromatic rings. The fourth-order valence-corrected chi connectivity index (χ4v) is 5.47. The van der Waals surface area contributed by atoms with E-state index < -0.39 is 0 Å². The zero-order chi connectivity index (χ0) is 30.6. The Kier molecular flexibility index (Phi) is 8.13. The molecule has 7 rings (SSSR count). The molecule has 0 aliphatic carbocycles. The summed E-state index contributed by atoms with van der Waals surface area (Å²) in [6.45, 7) is 7.26. The molecule has 6 heterocycles. The first-order valence-electron chi connectivity index (χ1n) is 15.0. The number of amides is 1. The topological polar surface area (TPSA) is 123 Å². The van der Waals surface area contributed by atoms with Gasteiger partial charge in [-0.3, -0.25) is 9.69 Å². The Morgan fingerprint density at radius 1 is 1.04 bits per heavy atom. The lowest BCUT2D eigenvalue weighted by Gasteiger charge is -2.26. The number of hydrogen-bond donors (Lipinski definition) is 1. The highest BCUT2D eigenvalue weighted by molar-refractivity contribution is 5.90. The van der Waals surface area contributed by atoms with Crippen molar-refractivity contribution in [3.63, 3.8) is 0 Å². The van der Waals surface area contributed by atoms with Crippen LogP contribution in [0.4, 0.5) is 11.5 Å². The summed E-state index contributed by atoms with van der Waals surface area (Å²) in [5, 5.41) is 7.54. The highest BCUT2D eigenvalue weighted by Gasteiger charge is 2.18. The quantitative estimate of drug-likeness (QED) is 0.255. The molecule has 12 nitrogen and oxygen atoms in total. The normalized spacial score (nSPS) is 15.9. The maximum absolute atomic E-state index is 12.8. The van der Waals surface area contributed by atoms with Crippen LogP contribution in [0.3, 0.4) is 0 Å². The van der Waals surface area contributed by atoms with Gasteiger partial charge < -0.3 is 19.7 Å². The highest BCUT2D eigenvalue weighted by atomic mass is 16.5. The van der Waals surface area contributed by atoms with Gasteiger partial charge in [0.25, 0.3) is 0 Å². The summed E-state index contributed by atoms with van der Waals surface area (Å²) in [5.41, 5.74) is 5.92. The van der Waals surface area contributed by atoms with Gasteiger partial charge >= 0.3 is 0 Å². The molecule has 45 heavy (non-hydrogen) atoms. The number of nitrogens with one attached hydrogen (secondary N) is 1. The molecule has 1 N–H and O–H groups in total. The minimum Gasteiger partial charge on any atom is -0.457 e. The summed E-state index contributed by atoms with van der Waals surface area (Å²) in [4.78, 5) is 35.0. The SMILES string of the molecule is Cc1cc(Nc2ncnc3ccc(C4=CCN(C(=O)/C=C/CN5CCOCC5)CC4)nc23)ccc1Oc1ccn2ncnc2c1. The number of aromatic nitrogens is 6. The molecule has 0 bridgehead atoms. The third kappa shape index (κ3) is 6.52. The van der Waals surface area contributed by atoms with Crippen molar-refractivity contribution in [1.82, 2.24) is 39.3 Å². The lowest BCUT2D eigenvalue weighted by Crippen LogP contribution is -2.36. The van der Waals surface area contributed by atoms with Crippen molar-refractivity contribution in [3.05, 3.63) is 90.8 Å². The monoisotopic (exact) mass is 603 g/mol. The summed E-state index contributed by atoms with van der Waals surface area (Å²) in [7, 11) is 0. The van der Waals surface area contributed by atoms with E-state index in [2.05, 4.69) is 36.3 Å². The van der Waals surface area contributed by atoms with E-state index >= 15 is 0 Å². The van der Waals surface area contributed by atoms with E-state index in [1.807, 2.05) is 66.6 Å². The van der Waals surface area contributed by atoms with Crippen LogP contribution in [0.5, 0.6) is 11.5 Å². The number of hydrogen-bond acceptors (Lipinski definition) is 10. The van der Waals surface area contributed by atoms with E-state index in [9.17, 15) is 4.79 Å². The van der Waals surface area contributed by atoms with Gasteiger partial charge in [0.15, 0.2) is 11.5 Å². The summed E-state index contributed by atoms with van der Waals surface area (Å²) in [5.74, 6) is 2.07. The van der Waals surface area contributed by atoms with Crippen molar-refractivity contribution in [2.24, 2.45) is 0 Å². The van der Waals surface area contributed by atoms with E-state index in [-0.39, 0.29) is 5.91 Å². The minimum absolute atomic E-state index is 0.0352. The number of fused-ring (bicyclic) bond motifs is 2. The third-order valence-corrected chi connectivity index (χ3v) is 7.98. The molecule has 1 aromatic carbocycles. The fraction of sp³-hybridized carbons (Fsp3) is 0.273. The zero-order valence-corrected chi connectivity index (χ0v) is 25.0. The van der Waals surface area contributed by atoms with Crippen molar-refractivity contribution >= 4 is 39.7 Å². The predicted molar refractivity (Wildman–Crippen MR) is 170 cm³/mol. The molecule has 1 fully saturated rings. The molecule has 0 radical (unpaired) electrons. The van der Waals surface area contributed by atoms with Gasteiger partial charge in [-0.1, -0.05) is 12.2 Å². The molecular weight excluding hydrogens is 570 g/mol. The molecule has 1 saturated heterocycles. The number of morpholine rings is 1. The predicted octanol–water partition coefficient (Wildman–Crippen LogP) is 4.42. The van der Waals surface area contributed by atoms with Crippen molar-refractivity contribution in [2.45, 2.75) is 13.3 Å². The third-order valence-electron chi connectivity index (χ3n) is 7.98. The maximum atomic E-state index is 12.8. The summed E-state index contributed by atoms with van der Waals surface area (Å²) in [6.07, 6.45) is 11.3. The van der Waals surface area contributed by atoms with Gasteiger partial charge in [0, 0.05) is 56.8 Å². The summed E-state index contributed by atoms with van der Waals surface area (Å²) >= 11 is 0. The summed E-state index contributed by atoms with van der Waals surface area (Å²) < 4.78 is 13.2. The van der Waals surface area contributed by atoms with Crippen molar-refractivity contribution in [3.8, 4) is 11.5 Å². The van der Waals surface area contributed by atoms with Gasteiger partial charge in [-0.25, -0.2) is 24.5 Å². The van der Waals surface area contributed by atoms with E-state index in [1.165, 1.54) is 12.7 Å². The average Bonchev–Trinajstić information content (AvgIpc) is 3.55. The Morgan fingerprint density at radius 3 is 2.80 bits per heavy atom. The fourth-order valence-electron chi connectivity index (χ4n) is 5.47. The van der Waals surface area contributed by atoms with Gasteiger partial charge in [-0.05, 0) is 60.9 Å². The first kappa shape index (κ1) is 28.6. The van der Waals surface area contributed by atoms with Crippen LogP contribution in [0.1, 0.15) is 17.7 Å². The Balaban J connectivity index is 1.03. The van der Waals surface area contributed by atoms with Crippen LogP contribution in [-0.2, 0) is 9.53 Å². The van der Waals surface area contributed by atoms with Gasteiger partial charge in [-0.2, -0.15) is 5.10 Å². The molecule has 2 aliphatic rings. The first-order valence-corrected chi connectivity index (χ1v) is 15.0. The zero-order valence-electron chi connectivity index (χ0n) is 25.0. The van der Waals surface area contributed by atoms with Crippen molar-refractivity contribution in [2.75, 3.05) is 51.3 Å². The van der Waals surface area contributed by atoms with Crippen molar-refractivity contribution < 1.29 is 14.3 Å². The largest absolute Gasteiger partial charge is 0.457 e. The number of ether oxygens (including phenoxy) is 2. The molecule has 1 amide bonds. The number of pyridine rings is 2. The number of anilines is 2. The van der Waals surface area contributed by atoms with Crippen LogP contribution in [0.15, 0.2) is 79.5 Å². The molecule has 12 heteroatoms. The molecule has 2 aliphatic heterocycles. The number of carbonyl (C=O) groups is 1. The van der Waals surface area contributed by atoms with Crippen LogP contribution in [0.25, 0.3) is 22.3 Å². The second-order valence-electron chi connectivity index (χ2n) is 11.0. The second-order valence-corrected chi connectivity index (χ2v) is 11.0. The Hall–Kier alpha value is -5.20. The van der Waals surface area contributed by atoms with Gasteiger partial charge in [0.2, 0.25) is 5.91 Å². The highest BCUT2D eigenvalue weighted by Crippen LogP contribution is 2.30. The van der Waals surface area contributed by atoms with Gasteiger partial charge in [0.1, 0.15) is 29.7 Å². The van der Waals surface area contributed by atoms with Crippen LogP contribution in [0, 0.1) is 6.92 Å². The molecule has 0 atom stereocenters. The van der Waals surface area contributed by atoms with E-state index in [0.29, 0.717) is 35.8 Å². The minimum atomic E-state index is 0.0352. The Morgan fingerprint density at radius 2 is 1.96 bits per heavy atom. The second kappa shape index (κ2) is 12.8. The van der Waals surface area contributed by atoms with Gasteiger partial charge in [-0.15, -0.1) is 0 Å². The Bertz CT molecular complexity index is 1910. The lowest BCUT2D eigenvalue weighted by molar-refractivity contribution is -0.125. The van der Waals surface area contributed by atoms with Gasteiger partial charge in [0.05, 0.1) is 24.4 Å². The molecule has 0 unspecified atom stereocenters. The number of benzene rings is 1. The summed E-state index contributed by atoms with van der Waals surface area (Å²) in [6, 6.07) is 13.5. The molecular formula is C33H33N9O3. The number of nitrogens with zero attached hydrogens (tertiary/aromatic N) is 8. The maximum Gasteiger partial charge on any atom is 0.246 e. The van der Waals surface area contributed by atoms with Crippen LogP contribution in [0.2, 0.25) is 0 Å². The smallest absolute Gasteiger partial charge is 0.246 e. The van der Waals surface area contributed by atoms with E-state index in [1.54, 1.807) is 10.6 Å². The van der Waals surface area contributed by atoms with Crippen molar-refractivity contribution in [1.29, 1.82) is 0 Å². The molecule has 4 aromatic heterocycles. The molecule has 0 spiro atoms. The van der Waals surface area contributed by atoms with Crippen LogP contribution >= 0.6 is 0 Å². The van der Waals surface area contributed by atoms with E-state index in [4.69, 9.17) is 14.5 Å². The number of rotatable bonds is 8. The first-order chi connectivity index (χ1) is 22.1. The number of aryl methyl sites for hydroxylation is 1. The molecule has 228 valence electrons. The standard InChI is InChI=1S/C33H33N9O3/c1-23-19-25(4-7-29(23)45-26-10-14-42-30(20-26)35-22-37-42)38-33-32-28(34-21-36-33)6-5-27(39-32)24-8-12-41(13-9-24)31(43)3-2-11-40-15-17-44-18-16-40/h2-8,10,14,19-22H,9,11-13,15-18H2,1H3,(H,34,36,38)/b3-2+. The van der Waals surface area contributed by atoms with E-state index in [0.717, 1.165) is 73.1 Å². The van der Waals surface area contributed by atoms with Crippen LogP contribution < -0.4 is 10.1 Å². The van der Waals surface area contributed by atoms with Crippen LogP contribution in [-0.4, -0.2) is 91.2 Å². The number of carbonyl (C=O) groups excluding carboxylic acids is 1. The lowest BCUT2D eigenvalue weighted by atomic mass is 10.0. The Labute approximate surface area is 260 Å². The average molecular weight is 604 g/mol.